The maximum atomic E-state index is 14.4. The maximum Gasteiger partial charge on any atom is 0.105 e. The first-order valence-corrected chi connectivity index (χ1v) is 7.85. The smallest absolute Gasteiger partial charge is 0.105 e. The predicted molar refractivity (Wildman–Crippen MR) is 71.5 cm³/mol. The van der Waals surface area contributed by atoms with Crippen LogP contribution in [0.3, 0.4) is 0 Å². The molecule has 0 amide bonds. The number of alkyl halides is 1. The van der Waals surface area contributed by atoms with Crippen molar-refractivity contribution in [3.8, 4) is 0 Å². The summed E-state index contributed by atoms with van der Waals surface area (Å²) < 4.78 is 14.4. The van der Waals surface area contributed by atoms with E-state index >= 15 is 0 Å². The highest BCUT2D eigenvalue weighted by molar-refractivity contribution is 6.13. The van der Waals surface area contributed by atoms with E-state index in [1.165, 1.54) is 38.8 Å². The van der Waals surface area contributed by atoms with Crippen LogP contribution in [0.25, 0.3) is 0 Å². The molecule has 3 heteroatoms. The zero-order chi connectivity index (χ0) is 12.3. The molecule has 0 aromatic heterocycles. The minimum absolute atomic E-state index is 0.0957. The van der Waals surface area contributed by atoms with E-state index in [0.717, 1.165) is 25.2 Å². The Balaban J connectivity index is 1.67. The van der Waals surface area contributed by atoms with Crippen LogP contribution in [0.15, 0.2) is 0 Å². The molecule has 5 aliphatic rings. The third-order valence-electron chi connectivity index (χ3n) is 6.43. The van der Waals surface area contributed by atoms with Crippen LogP contribution in [-0.2, 0) is 0 Å². The number of rotatable bonds is 1. The normalized spacial score (nSPS) is 55.9. The third-order valence-corrected chi connectivity index (χ3v) is 6.43. The van der Waals surface area contributed by atoms with Crippen LogP contribution >= 0.6 is 0 Å². The van der Waals surface area contributed by atoms with Gasteiger partial charge >= 0.3 is 0 Å². The van der Waals surface area contributed by atoms with Crippen LogP contribution in [0.1, 0.15) is 44.9 Å². The van der Waals surface area contributed by atoms with Gasteiger partial charge in [0.15, 0.2) is 0 Å². The lowest BCUT2D eigenvalue weighted by molar-refractivity contribution is -0.129. The first-order valence-electron chi connectivity index (χ1n) is 7.85. The molecule has 1 aliphatic heterocycles. The van der Waals surface area contributed by atoms with Crippen LogP contribution in [-0.4, -0.2) is 37.5 Å². The average molecular weight is 247 g/mol. The Morgan fingerprint density at radius 1 is 1.06 bits per heavy atom. The topological polar surface area (TPSA) is 3.24 Å². The van der Waals surface area contributed by atoms with E-state index in [4.69, 9.17) is 7.85 Å². The molecule has 5 fully saturated rings. The molecule has 4 bridgehead atoms. The van der Waals surface area contributed by atoms with Crippen LogP contribution < -0.4 is 0 Å². The number of likely N-dealkylation sites (tertiary alicyclic amines) is 1. The number of halogens is 1. The highest BCUT2D eigenvalue weighted by Crippen LogP contribution is 2.63. The van der Waals surface area contributed by atoms with Gasteiger partial charge in [0.25, 0.3) is 0 Å². The molecule has 1 nitrogen and oxygen atoms in total. The van der Waals surface area contributed by atoms with Crippen LogP contribution in [0.5, 0.6) is 0 Å². The summed E-state index contributed by atoms with van der Waals surface area (Å²) in [6.45, 7) is 2.41. The molecule has 0 aromatic carbocycles. The van der Waals surface area contributed by atoms with E-state index in [2.05, 4.69) is 4.90 Å². The zero-order valence-electron chi connectivity index (χ0n) is 11.2. The maximum absolute atomic E-state index is 14.4. The second-order valence-corrected chi connectivity index (χ2v) is 7.29. The number of hydrogen-bond donors (Lipinski definition) is 0. The molecule has 4 aliphatic carbocycles. The number of nitrogens with zero attached hydrogens (tertiary/aromatic N) is 1. The fraction of sp³-hybridized carbons (Fsp3) is 1.00. The molecule has 1 heterocycles. The van der Waals surface area contributed by atoms with Crippen molar-refractivity contribution in [2.75, 3.05) is 13.1 Å². The first-order chi connectivity index (χ1) is 8.71. The summed E-state index contributed by atoms with van der Waals surface area (Å²) in [4.78, 5) is 2.67. The molecule has 4 saturated carbocycles. The van der Waals surface area contributed by atoms with Crippen molar-refractivity contribution >= 4 is 7.85 Å². The summed E-state index contributed by atoms with van der Waals surface area (Å²) in [7, 11) is 6.54. The Labute approximate surface area is 111 Å². The molecule has 18 heavy (non-hydrogen) atoms. The second kappa shape index (κ2) is 3.97. The van der Waals surface area contributed by atoms with Crippen LogP contribution in [0.4, 0.5) is 4.39 Å². The van der Waals surface area contributed by atoms with Gasteiger partial charge in [-0.1, -0.05) is 12.2 Å². The number of hydrogen-bond acceptors (Lipinski definition) is 1. The van der Waals surface area contributed by atoms with Crippen molar-refractivity contribution < 1.29 is 4.39 Å². The Kier molecular flexibility index (Phi) is 2.60. The van der Waals surface area contributed by atoms with E-state index in [9.17, 15) is 4.39 Å². The van der Waals surface area contributed by atoms with Crippen molar-refractivity contribution in [2.24, 2.45) is 17.8 Å². The Hall–Kier alpha value is -0.0451. The largest absolute Gasteiger partial charge is 0.298 e. The Morgan fingerprint density at radius 2 is 1.83 bits per heavy atom. The van der Waals surface area contributed by atoms with E-state index in [1.54, 1.807) is 0 Å². The van der Waals surface area contributed by atoms with Crippen LogP contribution in [0, 0.1) is 17.8 Å². The van der Waals surface area contributed by atoms with Gasteiger partial charge in [-0.15, -0.1) is 0 Å². The molecule has 98 valence electrons. The molecule has 1 saturated heterocycles. The van der Waals surface area contributed by atoms with Gasteiger partial charge in [0.1, 0.15) is 6.17 Å². The molecule has 6 atom stereocenters. The highest BCUT2D eigenvalue weighted by Gasteiger charge is 2.61. The van der Waals surface area contributed by atoms with Gasteiger partial charge in [0, 0.05) is 5.54 Å². The molecule has 0 spiro atoms. The summed E-state index contributed by atoms with van der Waals surface area (Å²) in [5.74, 6) is 1.35. The molecular formula is C15H23BFN. The van der Waals surface area contributed by atoms with Gasteiger partial charge in [-0.25, -0.2) is 4.39 Å². The molecule has 5 rings (SSSR count). The van der Waals surface area contributed by atoms with Crippen molar-refractivity contribution in [1.29, 1.82) is 0 Å². The lowest BCUT2D eigenvalue weighted by Crippen LogP contribution is -2.66. The summed E-state index contributed by atoms with van der Waals surface area (Å²) in [5, 5.41) is 0. The van der Waals surface area contributed by atoms with Crippen molar-refractivity contribution in [3.05, 3.63) is 0 Å². The van der Waals surface area contributed by atoms with Crippen molar-refractivity contribution in [2.45, 2.75) is 62.5 Å². The molecule has 0 aromatic rings. The molecule has 0 N–H and O–H groups in total. The third kappa shape index (κ3) is 1.43. The zero-order valence-corrected chi connectivity index (χ0v) is 11.2. The minimum atomic E-state index is -0.602. The van der Waals surface area contributed by atoms with E-state index < -0.39 is 6.17 Å². The SMILES string of the molecule is [B][C@H]1C2CC3CC(CC1(N1CCCCC1)C3)[C@H]2F. The lowest BCUT2D eigenvalue weighted by atomic mass is 9.42. The van der Waals surface area contributed by atoms with Gasteiger partial charge in [0.05, 0.1) is 7.85 Å². The Morgan fingerprint density at radius 3 is 2.61 bits per heavy atom. The average Bonchev–Trinajstić information content (AvgIpc) is 2.41. The van der Waals surface area contributed by atoms with Crippen molar-refractivity contribution in [1.82, 2.24) is 4.90 Å². The van der Waals surface area contributed by atoms with Crippen molar-refractivity contribution in [3.63, 3.8) is 0 Å². The van der Waals surface area contributed by atoms with Gasteiger partial charge in [-0.2, -0.15) is 0 Å². The van der Waals surface area contributed by atoms with Gasteiger partial charge in [-0.3, -0.25) is 4.90 Å². The molecular weight excluding hydrogens is 224 g/mol. The second-order valence-electron chi connectivity index (χ2n) is 7.29. The van der Waals surface area contributed by atoms with E-state index in [1.807, 2.05) is 0 Å². The minimum Gasteiger partial charge on any atom is -0.298 e. The van der Waals surface area contributed by atoms with E-state index in [-0.39, 0.29) is 17.3 Å². The molecule has 4 unspecified atom stereocenters. The monoisotopic (exact) mass is 247 g/mol. The summed E-state index contributed by atoms with van der Waals surface area (Å²) in [6.07, 6.45) is 7.89. The highest BCUT2D eigenvalue weighted by atomic mass is 19.1. The standard InChI is InChI=1S/C15H23BFN/c16-14-12-7-10-6-11(13(12)17)9-15(14,8-10)18-4-2-1-3-5-18/h10-14H,1-9H2/t10?,11?,12?,13-,14+,15?/m1/s1. The lowest BCUT2D eigenvalue weighted by Gasteiger charge is -2.66. The fourth-order valence-electron chi connectivity index (χ4n) is 5.74. The van der Waals surface area contributed by atoms with E-state index in [0.29, 0.717) is 5.92 Å². The summed E-state index contributed by atoms with van der Waals surface area (Å²) in [6, 6.07) is 0. The van der Waals surface area contributed by atoms with Gasteiger partial charge < -0.3 is 0 Å². The molecule has 2 radical (unpaired) electrons. The quantitative estimate of drug-likeness (QED) is 0.644. The Bertz CT molecular complexity index is 339. The first kappa shape index (κ1) is 11.8. The fourth-order valence-corrected chi connectivity index (χ4v) is 5.74. The van der Waals surface area contributed by atoms with Gasteiger partial charge in [0.2, 0.25) is 0 Å². The van der Waals surface area contributed by atoms with Crippen LogP contribution in [0.2, 0.25) is 5.82 Å². The predicted octanol–water partition coefficient (Wildman–Crippen LogP) is 2.96. The van der Waals surface area contributed by atoms with Gasteiger partial charge in [-0.05, 0) is 69.4 Å². The summed E-state index contributed by atoms with van der Waals surface area (Å²) >= 11 is 0. The number of piperidine rings is 1. The summed E-state index contributed by atoms with van der Waals surface area (Å²) in [5.41, 5.74) is 0.180.